The van der Waals surface area contributed by atoms with Gasteiger partial charge in [-0.15, -0.1) is 0 Å². The Balaban J connectivity index is 0.000000646. The zero-order chi connectivity index (χ0) is 20.6. The van der Waals surface area contributed by atoms with Crippen molar-refractivity contribution in [3.8, 4) is 0 Å². The average Bonchev–Trinajstić information content (AvgIpc) is 2.98. The number of aryl methyl sites for hydroxylation is 1. The number of hydrogen-bond donors (Lipinski definition) is 0. The Hall–Kier alpha value is -2.42. The number of aromatic nitrogens is 1. The molecular formula is C18H23BrN2O6. The van der Waals surface area contributed by atoms with E-state index >= 15 is 0 Å². The molecule has 0 saturated heterocycles. The molecule has 0 aliphatic heterocycles. The maximum absolute atomic E-state index is 12.2. The Morgan fingerprint density at radius 3 is 2.48 bits per heavy atom. The molecule has 0 spiro atoms. The van der Waals surface area contributed by atoms with E-state index in [2.05, 4.69) is 20.7 Å². The standard InChI is InChI=1S/C15H17BrN2O4.C3H6O2/c1-15(2,3)22-14(19)17-7-5-11-8-10(4-6-16)9-12(13(11)17)18(20)21;1-2-5-3-4/h5,7-9H,4,6H2,1-3H3;3H,2H2,1H3. The SMILES string of the molecule is CC(C)(C)OC(=O)n1ccc2cc(CCBr)cc([N+](=O)[O-])c21.CCOC=O. The monoisotopic (exact) mass is 442 g/mol. The van der Waals surface area contributed by atoms with Crippen LogP contribution < -0.4 is 0 Å². The zero-order valence-electron chi connectivity index (χ0n) is 15.7. The van der Waals surface area contributed by atoms with Gasteiger partial charge in [0.15, 0.2) is 0 Å². The summed E-state index contributed by atoms with van der Waals surface area (Å²) in [7, 11) is 0. The van der Waals surface area contributed by atoms with Gasteiger partial charge in [0.25, 0.3) is 12.2 Å². The van der Waals surface area contributed by atoms with E-state index in [1.807, 2.05) is 6.07 Å². The number of hydrogen-bond acceptors (Lipinski definition) is 6. The van der Waals surface area contributed by atoms with E-state index in [9.17, 15) is 19.7 Å². The molecule has 0 aliphatic carbocycles. The maximum atomic E-state index is 12.2. The third-order valence-electron chi connectivity index (χ3n) is 3.23. The minimum atomic E-state index is -0.668. The molecule has 0 radical (unpaired) electrons. The molecule has 1 aromatic carbocycles. The molecule has 0 unspecified atom stereocenters. The summed E-state index contributed by atoms with van der Waals surface area (Å²) in [6.07, 6.45) is 1.55. The van der Waals surface area contributed by atoms with Crippen molar-refractivity contribution in [1.29, 1.82) is 0 Å². The number of carbonyl (C=O) groups is 2. The predicted molar refractivity (Wildman–Crippen MR) is 105 cm³/mol. The molecule has 2 aromatic rings. The molecule has 0 bridgehead atoms. The van der Waals surface area contributed by atoms with E-state index in [0.29, 0.717) is 30.2 Å². The summed E-state index contributed by atoms with van der Waals surface area (Å²) in [6.45, 7) is 7.91. The molecule has 0 amide bonds. The van der Waals surface area contributed by atoms with E-state index in [1.165, 1.54) is 16.8 Å². The third kappa shape index (κ3) is 6.67. The van der Waals surface area contributed by atoms with E-state index < -0.39 is 16.6 Å². The van der Waals surface area contributed by atoms with Gasteiger partial charge in [-0.3, -0.25) is 14.9 Å². The van der Waals surface area contributed by atoms with Gasteiger partial charge in [0.05, 0.1) is 11.5 Å². The van der Waals surface area contributed by atoms with Crippen molar-refractivity contribution in [3.63, 3.8) is 0 Å². The molecule has 2 rings (SSSR count). The first kappa shape index (κ1) is 22.6. The van der Waals surface area contributed by atoms with Gasteiger partial charge in [0, 0.05) is 23.0 Å². The fraction of sp³-hybridized carbons (Fsp3) is 0.444. The lowest BCUT2D eigenvalue weighted by molar-refractivity contribution is -0.383. The van der Waals surface area contributed by atoms with Crippen LogP contribution in [-0.2, 0) is 20.7 Å². The van der Waals surface area contributed by atoms with Gasteiger partial charge in [-0.1, -0.05) is 15.9 Å². The Morgan fingerprint density at radius 2 is 2.04 bits per heavy atom. The Bertz CT molecular complexity index is 810. The topological polar surface area (TPSA) is 101 Å². The Labute approximate surface area is 165 Å². The molecule has 0 saturated carbocycles. The normalized spacial score (nSPS) is 10.7. The first-order chi connectivity index (χ1) is 12.6. The van der Waals surface area contributed by atoms with Crippen molar-refractivity contribution in [2.45, 2.75) is 39.7 Å². The van der Waals surface area contributed by atoms with Crippen molar-refractivity contribution < 1.29 is 24.0 Å². The lowest BCUT2D eigenvalue weighted by atomic mass is 10.1. The number of nitro groups is 1. The van der Waals surface area contributed by atoms with Gasteiger partial charge < -0.3 is 9.47 Å². The summed E-state index contributed by atoms with van der Waals surface area (Å²) in [5, 5.41) is 12.7. The fourth-order valence-electron chi connectivity index (χ4n) is 2.24. The van der Waals surface area contributed by atoms with Crippen molar-refractivity contribution in [1.82, 2.24) is 4.57 Å². The van der Waals surface area contributed by atoms with E-state index in [0.717, 1.165) is 5.56 Å². The minimum absolute atomic E-state index is 0.0932. The Kier molecular flexibility index (Phi) is 8.42. The van der Waals surface area contributed by atoms with Crippen LogP contribution in [0.25, 0.3) is 10.9 Å². The molecule has 1 heterocycles. The van der Waals surface area contributed by atoms with Crippen LogP contribution in [0, 0.1) is 10.1 Å². The summed E-state index contributed by atoms with van der Waals surface area (Å²) in [5.74, 6) is 0. The van der Waals surface area contributed by atoms with Crippen LogP contribution in [0.5, 0.6) is 0 Å². The molecular weight excluding hydrogens is 420 g/mol. The van der Waals surface area contributed by atoms with Crippen molar-refractivity contribution in [2.75, 3.05) is 11.9 Å². The number of fused-ring (bicyclic) bond motifs is 1. The molecule has 27 heavy (non-hydrogen) atoms. The van der Waals surface area contributed by atoms with Crippen LogP contribution in [0.3, 0.4) is 0 Å². The summed E-state index contributed by atoms with van der Waals surface area (Å²) >= 11 is 3.32. The second-order valence-electron chi connectivity index (χ2n) is 6.47. The summed E-state index contributed by atoms with van der Waals surface area (Å²) in [4.78, 5) is 32.3. The first-order valence-electron chi connectivity index (χ1n) is 8.27. The highest BCUT2D eigenvalue weighted by Gasteiger charge is 2.24. The van der Waals surface area contributed by atoms with E-state index in [-0.39, 0.29) is 11.2 Å². The summed E-state index contributed by atoms with van der Waals surface area (Å²) < 4.78 is 10.6. The van der Waals surface area contributed by atoms with E-state index in [1.54, 1.807) is 33.8 Å². The number of benzene rings is 1. The second-order valence-corrected chi connectivity index (χ2v) is 7.26. The molecule has 0 N–H and O–H groups in total. The average molecular weight is 443 g/mol. The molecule has 0 atom stereocenters. The van der Waals surface area contributed by atoms with Crippen LogP contribution >= 0.6 is 15.9 Å². The quantitative estimate of drug-likeness (QED) is 0.293. The molecule has 0 aliphatic rings. The maximum Gasteiger partial charge on any atom is 0.419 e. The number of rotatable bonds is 5. The van der Waals surface area contributed by atoms with Gasteiger partial charge in [0.1, 0.15) is 11.1 Å². The number of ether oxygens (including phenoxy) is 2. The lowest BCUT2D eigenvalue weighted by Gasteiger charge is -2.19. The number of nitrogens with zero attached hydrogens (tertiary/aromatic N) is 2. The van der Waals surface area contributed by atoms with Gasteiger partial charge in [-0.2, -0.15) is 0 Å². The number of nitro benzene ring substituents is 1. The van der Waals surface area contributed by atoms with Crippen LogP contribution in [-0.4, -0.2) is 39.6 Å². The largest absolute Gasteiger partial charge is 0.468 e. The highest BCUT2D eigenvalue weighted by Crippen LogP contribution is 2.29. The molecule has 8 nitrogen and oxygen atoms in total. The van der Waals surface area contributed by atoms with Crippen molar-refractivity contribution >= 4 is 45.1 Å². The molecule has 0 fully saturated rings. The van der Waals surface area contributed by atoms with Crippen LogP contribution in [0.2, 0.25) is 0 Å². The second kappa shape index (κ2) is 10.1. The lowest BCUT2D eigenvalue weighted by Crippen LogP contribution is -2.26. The van der Waals surface area contributed by atoms with Crippen LogP contribution in [0.1, 0.15) is 33.3 Å². The predicted octanol–water partition coefficient (Wildman–Crippen LogP) is 4.45. The van der Waals surface area contributed by atoms with E-state index in [4.69, 9.17) is 4.74 Å². The molecule has 9 heteroatoms. The first-order valence-corrected chi connectivity index (χ1v) is 9.39. The van der Waals surface area contributed by atoms with Gasteiger partial charge in [-0.05, 0) is 51.8 Å². The molecule has 1 aromatic heterocycles. The van der Waals surface area contributed by atoms with Gasteiger partial charge >= 0.3 is 6.09 Å². The van der Waals surface area contributed by atoms with Crippen molar-refractivity contribution in [2.24, 2.45) is 0 Å². The number of non-ortho nitro benzene ring substituents is 1. The van der Waals surface area contributed by atoms with Crippen LogP contribution in [0.15, 0.2) is 24.4 Å². The van der Waals surface area contributed by atoms with Crippen molar-refractivity contribution in [3.05, 3.63) is 40.1 Å². The number of carbonyl (C=O) groups excluding carboxylic acids is 2. The third-order valence-corrected chi connectivity index (χ3v) is 3.62. The molecule has 148 valence electrons. The minimum Gasteiger partial charge on any atom is -0.468 e. The summed E-state index contributed by atoms with van der Waals surface area (Å²) in [5.41, 5.74) is 0.345. The fourth-order valence-corrected chi connectivity index (χ4v) is 2.70. The smallest absolute Gasteiger partial charge is 0.419 e. The van der Waals surface area contributed by atoms with Gasteiger partial charge in [0.2, 0.25) is 0 Å². The zero-order valence-corrected chi connectivity index (χ0v) is 17.3. The highest BCUT2D eigenvalue weighted by atomic mass is 79.9. The Morgan fingerprint density at radius 1 is 1.37 bits per heavy atom. The summed E-state index contributed by atoms with van der Waals surface area (Å²) in [6, 6.07) is 5.04. The highest BCUT2D eigenvalue weighted by molar-refractivity contribution is 9.09. The van der Waals surface area contributed by atoms with Crippen LogP contribution in [0.4, 0.5) is 10.5 Å². The number of halogens is 1. The van der Waals surface area contributed by atoms with Gasteiger partial charge in [-0.25, -0.2) is 9.36 Å². The number of alkyl halides is 1.